The molecule has 16 heavy (non-hydrogen) atoms. The number of aryl methyl sites for hydroxylation is 1. The van der Waals surface area contributed by atoms with Crippen molar-refractivity contribution in [2.45, 2.75) is 39.2 Å². The van der Waals surface area contributed by atoms with Crippen molar-refractivity contribution >= 4 is 5.69 Å². The van der Waals surface area contributed by atoms with Gasteiger partial charge < -0.3 is 5.11 Å². The third kappa shape index (κ3) is 2.55. The summed E-state index contributed by atoms with van der Waals surface area (Å²) in [6, 6.07) is 1.49. The van der Waals surface area contributed by atoms with Gasteiger partial charge >= 0.3 is 0 Å². The normalized spacial score (nSPS) is 14.5. The van der Waals surface area contributed by atoms with E-state index in [1.165, 1.54) is 6.07 Å². The Balaban J connectivity index is 3.17. The molecule has 0 bridgehead atoms. The Bertz CT molecular complexity index is 393. The molecule has 5 nitrogen and oxygen atoms in total. The second-order valence-corrected chi connectivity index (χ2v) is 3.94. The van der Waals surface area contributed by atoms with Crippen molar-refractivity contribution in [1.29, 1.82) is 0 Å². The molecule has 0 aliphatic rings. The molecule has 2 unspecified atom stereocenters. The third-order valence-electron chi connectivity index (χ3n) is 2.66. The smallest absolute Gasteiger partial charge is 0.291 e. The van der Waals surface area contributed by atoms with Crippen LogP contribution < -0.4 is 0 Å². The van der Waals surface area contributed by atoms with Gasteiger partial charge in [-0.2, -0.15) is 0 Å². The summed E-state index contributed by atoms with van der Waals surface area (Å²) in [4.78, 5) is 14.5. The van der Waals surface area contributed by atoms with Crippen LogP contribution in [0.5, 0.6) is 0 Å². The van der Waals surface area contributed by atoms with Gasteiger partial charge in [0.15, 0.2) is 0 Å². The van der Waals surface area contributed by atoms with Crippen LogP contribution in [0.15, 0.2) is 12.3 Å². The average molecular weight is 224 g/mol. The van der Waals surface area contributed by atoms with Gasteiger partial charge in [-0.3, -0.25) is 15.1 Å². The van der Waals surface area contributed by atoms with Crippen molar-refractivity contribution in [1.82, 2.24) is 4.98 Å². The highest BCUT2D eigenvalue weighted by atomic mass is 16.6. The number of aliphatic hydroxyl groups is 1. The minimum Gasteiger partial charge on any atom is -0.392 e. The number of nitrogens with zero attached hydrogens (tertiary/aromatic N) is 2. The van der Waals surface area contributed by atoms with E-state index in [4.69, 9.17) is 0 Å². The molecule has 5 heteroatoms. The van der Waals surface area contributed by atoms with Crippen molar-refractivity contribution in [2.75, 3.05) is 0 Å². The first kappa shape index (κ1) is 12.6. The maximum absolute atomic E-state index is 10.9. The zero-order valence-electron chi connectivity index (χ0n) is 9.67. The van der Waals surface area contributed by atoms with Gasteiger partial charge in [-0.25, -0.2) is 0 Å². The molecule has 1 N–H and O–H groups in total. The van der Waals surface area contributed by atoms with E-state index >= 15 is 0 Å². The molecule has 0 aliphatic heterocycles. The first-order chi connectivity index (χ1) is 7.47. The highest BCUT2D eigenvalue weighted by Gasteiger charge is 2.25. The molecule has 1 rings (SSSR count). The molecule has 88 valence electrons. The molecule has 1 aromatic rings. The van der Waals surface area contributed by atoms with Crippen molar-refractivity contribution < 1.29 is 10.0 Å². The van der Waals surface area contributed by atoms with Gasteiger partial charge in [0.25, 0.3) is 5.69 Å². The lowest BCUT2D eigenvalue weighted by Crippen LogP contribution is -2.17. The number of pyridine rings is 1. The van der Waals surface area contributed by atoms with E-state index in [9.17, 15) is 15.2 Å². The van der Waals surface area contributed by atoms with E-state index in [2.05, 4.69) is 4.98 Å². The first-order valence-corrected chi connectivity index (χ1v) is 5.26. The topological polar surface area (TPSA) is 76.3 Å². The summed E-state index contributed by atoms with van der Waals surface area (Å²) in [5.41, 5.74) is 1.08. The summed E-state index contributed by atoms with van der Waals surface area (Å²) in [6.45, 7) is 5.34. The molecule has 0 radical (unpaired) electrons. The van der Waals surface area contributed by atoms with E-state index in [1.54, 1.807) is 20.0 Å². The van der Waals surface area contributed by atoms with E-state index in [-0.39, 0.29) is 11.6 Å². The molecular formula is C11H16N2O3. The Morgan fingerprint density at radius 3 is 2.75 bits per heavy atom. The highest BCUT2D eigenvalue weighted by molar-refractivity contribution is 5.40. The standard InChI is InChI=1S/C11H16N2O3/c1-4-10(14)8(3)11-9(13(15)16)5-7(2)6-12-11/h5-6,8,10,14H,4H2,1-3H3. The van der Waals surface area contributed by atoms with Crippen molar-refractivity contribution in [2.24, 2.45) is 0 Å². The Kier molecular flexibility index (Phi) is 3.95. The lowest BCUT2D eigenvalue weighted by Gasteiger charge is -2.16. The van der Waals surface area contributed by atoms with E-state index < -0.39 is 11.0 Å². The van der Waals surface area contributed by atoms with Gasteiger partial charge in [0, 0.05) is 18.2 Å². The monoisotopic (exact) mass is 224 g/mol. The lowest BCUT2D eigenvalue weighted by molar-refractivity contribution is -0.386. The zero-order valence-corrected chi connectivity index (χ0v) is 9.67. The van der Waals surface area contributed by atoms with Gasteiger partial charge in [0.2, 0.25) is 0 Å². The number of hydrogen-bond acceptors (Lipinski definition) is 4. The Hall–Kier alpha value is -1.49. The fourth-order valence-corrected chi connectivity index (χ4v) is 1.60. The van der Waals surface area contributed by atoms with Crippen LogP contribution in [-0.4, -0.2) is 21.1 Å². The van der Waals surface area contributed by atoms with Gasteiger partial charge in [-0.15, -0.1) is 0 Å². The first-order valence-electron chi connectivity index (χ1n) is 5.26. The van der Waals surface area contributed by atoms with Crippen molar-refractivity contribution in [3.8, 4) is 0 Å². The van der Waals surface area contributed by atoms with Crippen LogP contribution in [0, 0.1) is 17.0 Å². The molecular weight excluding hydrogens is 208 g/mol. The second-order valence-electron chi connectivity index (χ2n) is 3.94. The summed E-state index contributed by atoms with van der Waals surface area (Å²) < 4.78 is 0. The van der Waals surface area contributed by atoms with Gasteiger partial charge in [-0.1, -0.05) is 13.8 Å². The number of aromatic nitrogens is 1. The molecule has 0 saturated heterocycles. The molecule has 0 spiro atoms. The van der Waals surface area contributed by atoms with Crippen LogP contribution in [0.2, 0.25) is 0 Å². The molecule has 0 aromatic carbocycles. The predicted octanol–water partition coefficient (Wildman–Crippen LogP) is 2.17. The number of aliphatic hydroxyl groups excluding tert-OH is 1. The van der Waals surface area contributed by atoms with Crippen LogP contribution in [0.4, 0.5) is 5.69 Å². The predicted molar refractivity (Wildman–Crippen MR) is 60.3 cm³/mol. The summed E-state index contributed by atoms with van der Waals surface area (Å²) in [6.07, 6.45) is 1.53. The lowest BCUT2D eigenvalue weighted by atomic mass is 9.97. The molecule has 0 amide bonds. The van der Waals surface area contributed by atoms with E-state index in [0.29, 0.717) is 12.1 Å². The molecule has 0 aliphatic carbocycles. The molecule has 2 atom stereocenters. The van der Waals surface area contributed by atoms with Crippen molar-refractivity contribution in [3.63, 3.8) is 0 Å². The maximum atomic E-state index is 10.9. The molecule has 1 heterocycles. The zero-order chi connectivity index (χ0) is 12.3. The summed E-state index contributed by atoms with van der Waals surface area (Å²) in [5.74, 6) is -0.328. The molecule has 1 aromatic heterocycles. The maximum Gasteiger partial charge on any atom is 0.291 e. The van der Waals surface area contributed by atoms with Gasteiger partial charge in [0.05, 0.1) is 11.0 Å². The highest BCUT2D eigenvalue weighted by Crippen LogP contribution is 2.28. The Labute approximate surface area is 94.3 Å². The number of hydrogen-bond donors (Lipinski definition) is 1. The van der Waals surface area contributed by atoms with Crippen molar-refractivity contribution in [3.05, 3.63) is 33.6 Å². The fraction of sp³-hybridized carbons (Fsp3) is 0.545. The van der Waals surface area contributed by atoms with E-state index in [1.807, 2.05) is 6.92 Å². The Morgan fingerprint density at radius 2 is 2.25 bits per heavy atom. The van der Waals surface area contributed by atoms with Crippen LogP contribution in [-0.2, 0) is 0 Å². The van der Waals surface area contributed by atoms with E-state index in [0.717, 1.165) is 5.56 Å². The minimum atomic E-state index is -0.603. The quantitative estimate of drug-likeness (QED) is 0.628. The van der Waals surface area contributed by atoms with Gasteiger partial charge in [-0.05, 0) is 18.9 Å². The molecule has 0 saturated carbocycles. The Morgan fingerprint density at radius 1 is 1.62 bits per heavy atom. The fourth-order valence-electron chi connectivity index (χ4n) is 1.60. The summed E-state index contributed by atoms with van der Waals surface area (Å²) in [5, 5.41) is 20.6. The van der Waals surface area contributed by atoms with Crippen LogP contribution >= 0.6 is 0 Å². The summed E-state index contributed by atoms with van der Waals surface area (Å²) in [7, 11) is 0. The van der Waals surface area contributed by atoms with Crippen LogP contribution in [0.25, 0.3) is 0 Å². The summed E-state index contributed by atoms with van der Waals surface area (Å²) >= 11 is 0. The minimum absolute atomic E-state index is 0.0139. The van der Waals surface area contributed by atoms with Crippen LogP contribution in [0.1, 0.15) is 37.4 Å². The average Bonchev–Trinajstić information content (AvgIpc) is 2.26. The third-order valence-corrected chi connectivity index (χ3v) is 2.66. The second kappa shape index (κ2) is 5.03. The molecule has 0 fully saturated rings. The largest absolute Gasteiger partial charge is 0.392 e. The number of rotatable bonds is 4. The number of nitro groups is 1. The van der Waals surface area contributed by atoms with Gasteiger partial charge in [0.1, 0.15) is 5.69 Å². The SMILES string of the molecule is CCC(O)C(C)c1ncc(C)cc1[N+](=O)[O-]. The van der Waals surface area contributed by atoms with Crippen LogP contribution in [0.3, 0.4) is 0 Å².